The molecule has 2 aromatic rings. The predicted octanol–water partition coefficient (Wildman–Crippen LogP) is 3.41. The fourth-order valence-corrected chi connectivity index (χ4v) is 2.71. The van der Waals surface area contributed by atoms with Crippen molar-refractivity contribution in [2.45, 2.75) is 6.92 Å². The predicted molar refractivity (Wildman–Crippen MR) is 89.0 cm³/mol. The number of nitrogens with one attached hydrogen (secondary N) is 2. The van der Waals surface area contributed by atoms with Crippen molar-refractivity contribution in [2.75, 3.05) is 16.3 Å². The minimum absolute atomic E-state index is 0.0910. The van der Waals surface area contributed by atoms with E-state index in [9.17, 15) is 17.6 Å². The van der Waals surface area contributed by atoms with Crippen molar-refractivity contribution in [3.63, 3.8) is 0 Å². The molecule has 0 atom stereocenters. The third-order valence-electron chi connectivity index (χ3n) is 2.96. The van der Waals surface area contributed by atoms with Gasteiger partial charge in [0.1, 0.15) is 5.82 Å². The molecule has 0 aliphatic carbocycles. The molecule has 2 N–H and O–H groups in total. The average molecular weight is 357 g/mol. The Hall–Kier alpha value is -2.12. The van der Waals surface area contributed by atoms with E-state index in [4.69, 9.17) is 11.6 Å². The molecule has 2 rings (SSSR count). The maximum absolute atomic E-state index is 13.1. The molecule has 8 heteroatoms. The second-order valence-electron chi connectivity index (χ2n) is 4.99. The van der Waals surface area contributed by atoms with Gasteiger partial charge in [-0.3, -0.25) is 9.52 Å². The summed E-state index contributed by atoms with van der Waals surface area (Å²) in [6, 6.07) is 8.40. The molecular formula is C15H14ClFN2O3S. The fraction of sp³-hybridized carbons (Fsp3) is 0.133. The van der Waals surface area contributed by atoms with Crippen LogP contribution in [-0.4, -0.2) is 20.6 Å². The van der Waals surface area contributed by atoms with Gasteiger partial charge in [-0.2, -0.15) is 0 Å². The second kappa shape index (κ2) is 6.55. The number of hydrogen-bond acceptors (Lipinski definition) is 3. The van der Waals surface area contributed by atoms with Crippen molar-refractivity contribution >= 4 is 38.9 Å². The lowest BCUT2D eigenvalue weighted by Gasteiger charge is -2.10. The Labute approximate surface area is 138 Å². The molecule has 122 valence electrons. The van der Waals surface area contributed by atoms with E-state index in [-0.39, 0.29) is 5.02 Å². The summed E-state index contributed by atoms with van der Waals surface area (Å²) in [7, 11) is -3.39. The monoisotopic (exact) mass is 356 g/mol. The zero-order valence-corrected chi connectivity index (χ0v) is 13.9. The first kappa shape index (κ1) is 17.2. The van der Waals surface area contributed by atoms with E-state index in [0.717, 1.165) is 12.3 Å². The van der Waals surface area contributed by atoms with E-state index in [2.05, 4.69) is 10.0 Å². The number of anilines is 2. The Bertz CT molecular complexity index is 869. The zero-order chi connectivity index (χ0) is 17.2. The number of sulfonamides is 1. The van der Waals surface area contributed by atoms with Crippen molar-refractivity contribution in [1.82, 2.24) is 0 Å². The van der Waals surface area contributed by atoms with Crippen LogP contribution in [-0.2, 0) is 10.0 Å². The number of carbonyl (C=O) groups excluding carboxylic acids is 1. The number of amides is 1. The molecule has 2 aromatic carbocycles. The Kier molecular flexibility index (Phi) is 4.91. The van der Waals surface area contributed by atoms with Crippen molar-refractivity contribution in [1.29, 1.82) is 0 Å². The quantitative estimate of drug-likeness (QED) is 0.881. The third-order valence-corrected chi connectivity index (χ3v) is 3.84. The van der Waals surface area contributed by atoms with Gasteiger partial charge in [-0.25, -0.2) is 12.8 Å². The van der Waals surface area contributed by atoms with Crippen LogP contribution in [0.1, 0.15) is 15.9 Å². The van der Waals surface area contributed by atoms with Gasteiger partial charge in [0.2, 0.25) is 10.0 Å². The number of rotatable bonds is 4. The van der Waals surface area contributed by atoms with Crippen LogP contribution in [0, 0.1) is 12.7 Å². The standard InChI is InChI=1S/C15H14ClFN2O3S/c1-9-7-10(3-6-14(9)19-23(2,21)22)15(20)18-11-4-5-13(17)12(16)8-11/h3-8,19H,1-2H3,(H,18,20). The summed E-state index contributed by atoms with van der Waals surface area (Å²) in [4.78, 5) is 12.2. The summed E-state index contributed by atoms with van der Waals surface area (Å²) in [6.45, 7) is 1.68. The summed E-state index contributed by atoms with van der Waals surface area (Å²) < 4.78 is 37.9. The van der Waals surface area contributed by atoms with E-state index < -0.39 is 21.7 Å². The highest BCUT2D eigenvalue weighted by molar-refractivity contribution is 7.92. The van der Waals surface area contributed by atoms with Gasteiger partial charge in [-0.1, -0.05) is 11.6 Å². The van der Waals surface area contributed by atoms with E-state index in [1.165, 1.54) is 24.3 Å². The molecule has 0 unspecified atom stereocenters. The Morgan fingerprint density at radius 2 is 1.87 bits per heavy atom. The highest BCUT2D eigenvalue weighted by atomic mass is 35.5. The highest BCUT2D eigenvalue weighted by Crippen LogP contribution is 2.21. The van der Waals surface area contributed by atoms with Crippen LogP contribution in [0.15, 0.2) is 36.4 Å². The Morgan fingerprint density at radius 1 is 1.17 bits per heavy atom. The maximum atomic E-state index is 13.1. The van der Waals surface area contributed by atoms with Crippen LogP contribution < -0.4 is 10.0 Å². The zero-order valence-electron chi connectivity index (χ0n) is 12.4. The van der Waals surface area contributed by atoms with Crippen LogP contribution in [0.25, 0.3) is 0 Å². The molecule has 0 heterocycles. The summed E-state index contributed by atoms with van der Waals surface area (Å²) in [6.07, 6.45) is 1.05. The molecule has 0 bridgehead atoms. The lowest BCUT2D eigenvalue weighted by molar-refractivity contribution is 0.102. The van der Waals surface area contributed by atoms with Gasteiger partial charge < -0.3 is 5.32 Å². The Morgan fingerprint density at radius 3 is 2.43 bits per heavy atom. The largest absolute Gasteiger partial charge is 0.322 e. The molecule has 0 spiro atoms. The number of hydrogen-bond donors (Lipinski definition) is 2. The normalized spacial score (nSPS) is 11.1. The lowest BCUT2D eigenvalue weighted by atomic mass is 10.1. The van der Waals surface area contributed by atoms with Gasteiger partial charge in [-0.15, -0.1) is 0 Å². The van der Waals surface area contributed by atoms with Crippen LogP contribution in [0.4, 0.5) is 15.8 Å². The third kappa shape index (κ3) is 4.67. The molecule has 0 radical (unpaired) electrons. The lowest BCUT2D eigenvalue weighted by Crippen LogP contribution is -2.14. The van der Waals surface area contributed by atoms with Crippen molar-refractivity contribution in [3.8, 4) is 0 Å². The first-order chi connectivity index (χ1) is 10.7. The second-order valence-corrected chi connectivity index (χ2v) is 7.14. The number of aryl methyl sites for hydroxylation is 1. The van der Waals surface area contributed by atoms with Gasteiger partial charge in [0.15, 0.2) is 0 Å². The SMILES string of the molecule is Cc1cc(C(=O)Nc2ccc(F)c(Cl)c2)ccc1NS(C)(=O)=O. The molecule has 1 amide bonds. The first-order valence-corrected chi connectivity index (χ1v) is 8.77. The van der Waals surface area contributed by atoms with Crippen LogP contribution in [0.5, 0.6) is 0 Å². The van der Waals surface area contributed by atoms with Gasteiger partial charge in [-0.05, 0) is 48.9 Å². The van der Waals surface area contributed by atoms with Crippen molar-refractivity contribution < 1.29 is 17.6 Å². The molecule has 0 saturated heterocycles. The van der Waals surface area contributed by atoms with E-state index in [1.54, 1.807) is 13.0 Å². The van der Waals surface area contributed by atoms with Gasteiger partial charge in [0, 0.05) is 11.3 Å². The topological polar surface area (TPSA) is 75.3 Å². The summed E-state index contributed by atoms with van der Waals surface area (Å²) >= 11 is 5.66. The van der Waals surface area contributed by atoms with Crippen LogP contribution in [0.3, 0.4) is 0 Å². The minimum atomic E-state index is -3.39. The van der Waals surface area contributed by atoms with Crippen LogP contribution >= 0.6 is 11.6 Å². The van der Waals surface area contributed by atoms with E-state index in [1.807, 2.05) is 0 Å². The minimum Gasteiger partial charge on any atom is -0.322 e. The smallest absolute Gasteiger partial charge is 0.255 e. The number of carbonyl (C=O) groups is 1. The molecule has 23 heavy (non-hydrogen) atoms. The highest BCUT2D eigenvalue weighted by Gasteiger charge is 2.11. The Balaban J connectivity index is 2.19. The van der Waals surface area contributed by atoms with E-state index in [0.29, 0.717) is 22.5 Å². The fourth-order valence-electron chi connectivity index (χ4n) is 1.90. The van der Waals surface area contributed by atoms with Crippen molar-refractivity contribution in [3.05, 3.63) is 58.4 Å². The van der Waals surface area contributed by atoms with E-state index >= 15 is 0 Å². The summed E-state index contributed by atoms with van der Waals surface area (Å²) in [5.41, 5.74) is 1.69. The molecule has 5 nitrogen and oxygen atoms in total. The molecule has 0 saturated carbocycles. The van der Waals surface area contributed by atoms with Gasteiger partial charge >= 0.3 is 0 Å². The summed E-state index contributed by atoms with van der Waals surface area (Å²) in [5.74, 6) is -0.988. The maximum Gasteiger partial charge on any atom is 0.255 e. The van der Waals surface area contributed by atoms with Crippen LogP contribution in [0.2, 0.25) is 5.02 Å². The number of halogens is 2. The first-order valence-electron chi connectivity index (χ1n) is 6.50. The molecule has 0 aliphatic heterocycles. The van der Waals surface area contributed by atoms with Gasteiger partial charge in [0.25, 0.3) is 5.91 Å². The number of benzene rings is 2. The molecule has 0 aromatic heterocycles. The van der Waals surface area contributed by atoms with Gasteiger partial charge in [0.05, 0.1) is 17.0 Å². The molecule has 0 aliphatic rings. The van der Waals surface area contributed by atoms with Crippen molar-refractivity contribution in [2.24, 2.45) is 0 Å². The summed E-state index contributed by atoms with van der Waals surface area (Å²) in [5, 5.41) is 2.50. The average Bonchev–Trinajstić information content (AvgIpc) is 2.43. The molecule has 0 fully saturated rings. The molecular weight excluding hydrogens is 343 g/mol.